The molecule has 1 fully saturated rings. The highest BCUT2D eigenvalue weighted by atomic mass is 16.5. The molecule has 16 heavy (non-hydrogen) atoms. The second-order valence-corrected chi connectivity index (χ2v) is 5.85. The first-order valence-corrected chi connectivity index (χ1v) is 6.08. The number of hydrogen-bond donors (Lipinski definition) is 0. The van der Waals surface area contributed by atoms with Crippen molar-refractivity contribution in [1.82, 2.24) is 4.90 Å². The molecular weight excluding hydrogens is 198 g/mol. The first-order chi connectivity index (χ1) is 7.55. The second-order valence-electron chi connectivity index (χ2n) is 5.85. The van der Waals surface area contributed by atoms with E-state index in [1.54, 1.807) is 0 Å². The third kappa shape index (κ3) is 1.44. The van der Waals surface area contributed by atoms with Crippen LogP contribution >= 0.6 is 0 Å². The van der Waals surface area contributed by atoms with Crippen LogP contribution in [0.25, 0.3) is 0 Å². The molecule has 2 nitrogen and oxygen atoms in total. The van der Waals surface area contributed by atoms with Gasteiger partial charge in [0.25, 0.3) is 0 Å². The lowest BCUT2D eigenvalue weighted by atomic mass is 9.97. The normalized spacial score (nSPS) is 28.7. The molecule has 0 aliphatic carbocycles. The topological polar surface area (TPSA) is 12.5 Å². The van der Waals surface area contributed by atoms with E-state index in [9.17, 15) is 0 Å². The maximum absolute atomic E-state index is 6.01. The second kappa shape index (κ2) is 3.24. The Morgan fingerprint density at radius 3 is 2.75 bits per heavy atom. The highest BCUT2D eigenvalue weighted by molar-refractivity contribution is 5.39. The number of fused-ring (bicyclic) bond motifs is 4. The van der Waals surface area contributed by atoms with Gasteiger partial charge < -0.3 is 4.74 Å². The van der Waals surface area contributed by atoms with Crippen molar-refractivity contribution in [2.75, 3.05) is 6.54 Å². The molecule has 2 unspecified atom stereocenters. The lowest BCUT2D eigenvalue weighted by Gasteiger charge is -2.36. The molecule has 2 aliphatic heterocycles. The molecule has 2 bridgehead atoms. The third-order valence-corrected chi connectivity index (χ3v) is 3.70. The molecule has 0 spiro atoms. The lowest BCUT2D eigenvalue weighted by Crippen LogP contribution is -2.41. The minimum atomic E-state index is 0.222. The van der Waals surface area contributed by atoms with E-state index in [1.807, 2.05) is 0 Å². The van der Waals surface area contributed by atoms with Gasteiger partial charge in [0.1, 0.15) is 11.9 Å². The van der Waals surface area contributed by atoms with Crippen LogP contribution in [0.3, 0.4) is 0 Å². The Labute approximate surface area is 97.2 Å². The predicted molar refractivity (Wildman–Crippen MR) is 64.7 cm³/mol. The van der Waals surface area contributed by atoms with Crippen molar-refractivity contribution in [2.45, 2.75) is 44.9 Å². The number of ether oxygens (including phenoxy) is 1. The summed E-state index contributed by atoms with van der Waals surface area (Å²) in [6.45, 7) is 7.92. The summed E-state index contributed by atoms with van der Waals surface area (Å²) in [5.41, 5.74) is 1.59. The molecular formula is C14H19NO. The summed E-state index contributed by atoms with van der Waals surface area (Å²) in [6, 6.07) is 9.03. The summed E-state index contributed by atoms with van der Waals surface area (Å²) < 4.78 is 6.01. The van der Waals surface area contributed by atoms with Gasteiger partial charge in [-0.2, -0.15) is 0 Å². The van der Waals surface area contributed by atoms with Gasteiger partial charge in [0.15, 0.2) is 0 Å². The van der Waals surface area contributed by atoms with Gasteiger partial charge in [-0.3, -0.25) is 4.90 Å². The monoisotopic (exact) mass is 217 g/mol. The molecule has 0 saturated carbocycles. The zero-order valence-corrected chi connectivity index (χ0v) is 10.2. The Morgan fingerprint density at radius 2 is 2.00 bits per heavy atom. The van der Waals surface area contributed by atoms with E-state index in [0.717, 1.165) is 18.7 Å². The smallest absolute Gasteiger partial charge is 0.124 e. The van der Waals surface area contributed by atoms with Crippen LogP contribution in [0, 0.1) is 0 Å². The molecule has 0 radical (unpaired) electrons. The molecule has 2 heteroatoms. The standard InChI is InChI=1S/C14H19NO/c1-14(2,3)15-9-10-8-12(15)11-6-4-5-7-13(11)16-10/h4-7,10,12H,8-9H2,1-3H3. The fourth-order valence-corrected chi connectivity index (χ4v) is 2.96. The third-order valence-electron chi connectivity index (χ3n) is 3.70. The van der Waals surface area contributed by atoms with E-state index >= 15 is 0 Å². The number of likely N-dealkylation sites (tertiary alicyclic amines) is 1. The van der Waals surface area contributed by atoms with Gasteiger partial charge in [-0.25, -0.2) is 0 Å². The first kappa shape index (κ1) is 10.2. The van der Waals surface area contributed by atoms with Gasteiger partial charge in [0.2, 0.25) is 0 Å². The lowest BCUT2D eigenvalue weighted by molar-refractivity contribution is 0.119. The molecule has 2 atom stereocenters. The van der Waals surface area contributed by atoms with Crippen LogP contribution in [-0.4, -0.2) is 23.1 Å². The Morgan fingerprint density at radius 1 is 1.25 bits per heavy atom. The predicted octanol–water partition coefficient (Wildman–Crippen LogP) is 2.99. The molecule has 1 saturated heterocycles. The molecule has 86 valence electrons. The summed E-state index contributed by atoms with van der Waals surface area (Å²) in [5, 5.41) is 0. The van der Waals surface area contributed by atoms with E-state index in [1.165, 1.54) is 5.56 Å². The Kier molecular flexibility index (Phi) is 2.05. The van der Waals surface area contributed by atoms with Crippen LogP contribution < -0.4 is 4.74 Å². The van der Waals surface area contributed by atoms with Gasteiger partial charge in [-0.1, -0.05) is 18.2 Å². The van der Waals surface area contributed by atoms with Crippen LogP contribution in [0.1, 0.15) is 38.8 Å². The van der Waals surface area contributed by atoms with Crippen molar-refractivity contribution in [3.8, 4) is 5.75 Å². The maximum atomic E-state index is 6.01. The number of hydrogen-bond acceptors (Lipinski definition) is 2. The van der Waals surface area contributed by atoms with Crippen molar-refractivity contribution in [3.05, 3.63) is 29.8 Å². The zero-order chi connectivity index (χ0) is 11.3. The van der Waals surface area contributed by atoms with Crippen molar-refractivity contribution >= 4 is 0 Å². The van der Waals surface area contributed by atoms with E-state index < -0.39 is 0 Å². The SMILES string of the molecule is CC(C)(C)N1CC2CC1c1ccccc1O2. The van der Waals surface area contributed by atoms with Gasteiger partial charge in [-0.05, 0) is 26.8 Å². The average Bonchev–Trinajstić information content (AvgIpc) is 2.57. The van der Waals surface area contributed by atoms with Crippen LogP contribution in [-0.2, 0) is 0 Å². The average molecular weight is 217 g/mol. The fraction of sp³-hybridized carbons (Fsp3) is 0.571. The zero-order valence-electron chi connectivity index (χ0n) is 10.2. The van der Waals surface area contributed by atoms with E-state index in [2.05, 4.69) is 49.9 Å². The molecule has 3 rings (SSSR count). The van der Waals surface area contributed by atoms with Crippen LogP contribution in [0.2, 0.25) is 0 Å². The Bertz CT molecular complexity index is 407. The van der Waals surface area contributed by atoms with Crippen LogP contribution in [0.15, 0.2) is 24.3 Å². The molecule has 2 heterocycles. The van der Waals surface area contributed by atoms with Crippen LogP contribution in [0.5, 0.6) is 5.75 Å². The molecule has 0 amide bonds. The molecule has 2 aliphatic rings. The van der Waals surface area contributed by atoms with Crippen molar-refractivity contribution < 1.29 is 4.74 Å². The van der Waals surface area contributed by atoms with Crippen LogP contribution in [0.4, 0.5) is 0 Å². The molecule has 0 aromatic heterocycles. The maximum Gasteiger partial charge on any atom is 0.124 e. The van der Waals surface area contributed by atoms with Crippen molar-refractivity contribution in [1.29, 1.82) is 0 Å². The van der Waals surface area contributed by atoms with Gasteiger partial charge in [-0.15, -0.1) is 0 Å². The Hall–Kier alpha value is -1.02. The number of nitrogens with zero attached hydrogens (tertiary/aromatic N) is 1. The molecule has 1 aromatic rings. The highest BCUT2D eigenvalue weighted by Crippen LogP contribution is 2.45. The van der Waals surface area contributed by atoms with Gasteiger partial charge in [0, 0.05) is 30.1 Å². The minimum Gasteiger partial charge on any atom is -0.489 e. The summed E-state index contributed by atoms with van der Waals surface area (Å²) >= 11 is 0. The van der Waals surface area contributed by atoms with E-state index in [4.69, 9.17) is 4.74 Å². The summed E-state index contributed by atoms with van der Waals surface area (Å²) in [7, 11) is 0. The van der Waals surface area contributed by atoms with E-state index in [-0.39, 0.29) is 5.54 Å². The highest BCUT2D eigenvalue weighted by Gasteiger charge is 2.43. The quantitative estimate of drug-likeness (QED) is 0.662. The van der Waals surface area contributed by atoms with Crippen molar-refractivity contribution in [2.24, 2.45) is 0 Å². The minimum absolute atomic E-state index is 0.222. The summed E-state index contributed by atoms with van der Waals surface area (Å²) in [6.07, 6.45) is 1.54. The largest absolute Gasteiger partial charge is 0.489 e. The van der Waals surface area contributed by atoms with Gasteiger partial charge in [0.05, 0.1) is 0 Å². The van der Waals surface area contributed by atoms with Gasteiger partial charge >= 0.3 is 0 Å². The number of rotatable bonds is 0. The Balaban J connectivity index is 2.02. The van der Waals surface area contributed by atoms with Crippen molar-refractivity contribution in [3.63, 3.8) is 0 Å². The first-order valence-electron chi connectivity index (χ1n) is 6.08. The summed E-state index contributed by atoms with van der Waals surface area (Å²) in [5.74, 6) is 1.09. The summed E-state index contributed by atoms with van der Waals surface area (Å²) in [4.78, 5) is 2.57. The number of para-hydroxylation sites is 1. The number of benzene rings is 1. The fourth-order valence-electron chi connectivity index (χ4n) is 2.96. The molecule has 0 N–H and O–H groups in total. The molecule has 1 aromatic carbocycles. The van der Waals surface area contributed by atoms with E-state index in [0.29, 0.717) is 12.1 Å².